The summed E-state index contributed by atoms with van der Waals surface area (Å²) < 4.78 is 3.84. The molecule has 0 aromatic heterocycles. The van der Waals surface area contributed by atoms with Crippen LogP contribution >= 0.6 is 0 Å². The molecule has 4 aromatic rings. The summed E-state index contributed by atoms with van der Waals surface area (Å²) in [5.41, 5.74) is 11.7. The van der Waals surface area contributed by atoms with Gasteiger partial charge in [-0.2, -0.15) is 0 Å². The molecule has 0 N–H and O–H groups in total. The van der Waals surface area contributed by atoms with E-state index in [1.807, 2.05) is 0 Å². The van der Waals surface area contributed by atoms with Gasteiger partial charge in [-0.15, -0.1) is 0 Å². The monoisotopic (exact) mass is 528 g/mol. The van der Waals surface area contributed by atoms with Gasteiger partial charge in [0.05, 0.1) is 0 Å². The summed E-state index contributed by atoms with van der Waals surface area (Å²) in [6.07, 6.45) is 2.51. The van der Waals surface area contributed by atoms with Crippen molar-refractivity contribution in [1.29, 1.82) is 0 Å². The second-order valence-corrected chi connectivity index (χ2v) is 15.8. The first-order chi connectivity index (χ1) is 17.1. The van der Waals surface area contributed by atoms with Gasteiger partial charge in [-0.05, 0) is 0 Å². The van der Waals surface area contributed by atoms with E-state index in [2.05, 4.69) is 136 Å². The third kappa shape index (κ3) is 3.82. The van der Waals surface area contributed by atoms with Gasteiger partial charge < -0.3 is 0 Å². The number of benzene rings is 4. The molecule has 170 valence electrons. The summed E-state index contributed by atoms with van der Waals surface area (Å²) >= 11 is -2.63. The van der Waals surface area contributed by atoms with Crippen LogP contribution in [0.15, 0.2) is 130 Å². The first kappa shape index (κ1) is 22.6. The molecule has 2 aliphatic carbocycles. The van der Waals surface area contributed by atoms with Crippen LogP contribution in [0.3, 0.4) is 0 Å². The van der Waals surface area contributed by atoms with Crippen molar-refractivity contribution in [2.24, 2.45) is 5.92 Å². The number of hydrogen-bond acceptors (Lipinski definition) is 0. The van der Waals surface area contributed by atoms with Crippen LogP contribution in [-0.2, 0) is 21.3 Å². The van der Waals surface area contributed by atoms with Gasteiger partial charge in [0, 0.05) is 0 Å². The van der Waals surface area contributed by atoms with Crippen molar-refractivity contribution in [3.63, 3.8) is 0 Å². The molecular formula is C34H30Zr. The van der Waals surface area contributed by atoms with E-state index in [0.29, 0.717) is 9.54 Å². The topological polar surface area (TPSA) is 0 Å². The Bertz CT molecular complexity index is 1420. The van der Waals surface area contributed by atoms with E-state index < -0.39 is 21.3 Å². The van der Waals surface area contributed by atoms with Gasteiger partial charge in [0.25, 0.3) is 0 Å². The predicted octanol–water partition coefficient (Wildman–Crippen LogP) is 8.51. The molecule has 0 radical (unpaired) electrons. The normalized spacial score (nSPS) is 16.7. The van der Waals surface area contributed by atoms with Crippen LogP contribution in [-0.4, -0.2) is 3.21 Å². The van der Waals surface area contributed by atoms with Crippen molar-refractivity contribution < 1.29 is 21.3 Å². The van der Waals surface area contributed by atoms with Gasteiger partial charge in [-0.25, -0.2) is 0 Å². The van der Waals surface area contributed by atoms with Crippen molar-refractivity contribution >= 4 is 3.21 Å². The minimum absolute atomic E-state index is 0.465. The summed E-state index contributed by atoms with van der Waals surface area (Å²) in [6.45, 7) is 7.11. The van der Waals surface area contributed by atoms with E-state index >= 15 is 0 Å². The Morgan fingerprint density at radius 1 is 0.600 bits per heavy atom. The fraction of sp³-hybridized carbons (Fsp3) is 0.147. The van der Waals surface area contributed by atoms with Crippen LogP contribution in [0.2, 0.25) is 0 Å². The molecule has 0 spiro atoms. The van der Waals surface area contributed by atoms with Crippen LogP contribution in [0.25, 0.3) is 11.1 Å². The fourth-order valence-electron chi connectivity index (χ4n) is 6.17. The Balaban J connectivity index is 1.77. The van der Waals surface area contributed by atoms with Gasteiger partial charge in [0.15, 0.2) is 0 Å². The molecule has 4 aromatic carbocycles. The van der Waals surface area contributed by atoms with Gasteiger partial charge >= 0.3 is 218 Å². The Labute approximate surface area is 216 Å². The molecule has 0 saturated carbocycles. The van der Waals surface area contributed by atoms with Crippen molar-refractivity contribution in [2.75, 3.05) is 0 Å². The summed E-state index contributed by atoms with van der Waals surface area (Å²) in [5, 5.41) is 0. The second kappa shape index (κ2) is 9.29. The minimum atomic E-state index is -2.63. The third-order valence-electron chi connectivity index (χ3n) is 7.76. The quantitative estimate of drug-likeness (QED) is 0.249. The molecule has 1 heteroatoms. The summed E-state index contributed by atoms with van der Waals surface area (Å²) in [6, 6.07) is 40.8. The molecule has 0 amide bonds. The number of allylic oxidation sites excluding steroid dienone is 4. The third-order valence-corrected chi connectivity index (χ3v) is 16.9. The SMILES string of the molecule is CC1=CC(C)[C]([Zr](=[C](c2ccccc2)c2ccccc2)[CH]2c3ccccc3-c3ccccc32)=C1C. The van der Waals surface area contributed by atoms with E-state index in [-0.39, 0.29) is 0 Å². The molecule has 35 heavy (non-hydrogen) atoms. The van der Waals surface area contributed by atoms with Crippen molar-refractivity contribution in [3.8, 4) is 11.1 Å². The Morgan fingerprint density at radius 3 is 1.51 bits per heavy atom. The molecule has 0 heterocycles. The summed E-state index contributed by atoms with van der Waals surface area (Å²) in [5.74, 6) is 0.492. The van der Waals surface area contributed by atoms with Gasteiger partial charge in [-0.3, -0.25) is 0 Å². The summed E-state index contributed by atoms with van der Waals surface area (Å²) in [7, 11) is 0. The van der Waals surface area contributed by atoms with Crippen LogP contribution < -0.4 is 0 Å². The zero-order valence-electron chi connectivity index (χ0n) is 20.6. The Kier molecular flexibility index (Phi) is 5.99. The maximum atomic E-state index is 2.51. The van der Waals surface area contributed by atoms with Crippen molar-refractivity contribution in [2.45, 2.75) is 24.4 Å². The van der Waals surface area contributed by atoms with E-state index in [9.17, 15) is 0 Å². The zero-order chi connectivity index (χ0) is 23.9. The van der Waals surface area contributed by atoms with E-state index in [1.165, 1.54) is 44.5 Å². The average Bonchev–Trinajstić information content (AvgIpc) is 3.36. The molecule has 0 nitrogen and oxygen atoms in total. The molecular weight excluding hydrogens is 500 g/mol. The molecule has 0 fully saturated rings. The maximum absolute atomic E-state index is 2.63. The van der Waals surface area contributed by atoms with Crippen LogP contribution in [0.4, 0.5) is 0 Å². The predicted molar refractivity (Wildman–Crippen MR) is 145 cm³/mol. The van der Waals surface area contributed by atoms with E-state index in [4.69, 9.17) is 0 Å². The fourth-order valence-corrected chi connectivity index (χ4v) is 16.3. The number of rotatable bonds is 4. The van der Waals surface area contributed by atoms with Gasteiger partial charge in [-0.1, -0.05) is 0 Å². The molecule has 6 rings (SSSR count). The van der Waals surface area contributed by atoms with Crippen molar-refractivity contribution in [1.82, 2.24) is 0 Å². The van der Waals surface area contributed by atoms with Crippen molar-refractivity contribution in [3.05, 3.63) is 152 Å². The van der Waals surface area contributed by atoms with E-state index in [1.54, 1.807) is 6.49 Å². The Hall–Kier alpha value is -2.89. The van der Waals surface area contributed by atoms with Gasteiger partial charge in [0.1, 0.15) is 0 Å². The molecule has 1 unspecified atom stereocenters. The molecule has 2 aliphatic rings. The average molecular weight is 530 g/mol. The van der Waals surface area contributed by atoms with Crippen LogP contribution in [0.5, 0.6) is 0 Å². The first-order valence-electron chi connectivity index (χ1n) is 12.6. The Morgan fingerprint density at radius 2 is 1.06 bits per heavy atom. The molecule has 0 aliphatic heterocycles. The molecule has 0 saturated heterocycles. The number of fused-ring (bicyclic) bond motifs is 3. The van der Waals surface area contributed by atoms with Gasteiger partial charge in [0.2, 0.25) is 0 Å². The molecule has 0 bridgehead atoms. The zero-order valence-corrected chi connectivity index (χ0v) is 23.1. The van der Waals surface area contributed by atoms with Crippen LogP contribution in [0.1, 0.15) is 46.7 Å². The number of hydrogen-bond donors (Lipinski definition) is 0. The standard InChI is InChI=1S/C13H9.C13H10.C8H11.Zr/c1-3-7-12-10(5-1)9-11-6-2-4-8-13(11)12;1-3-7-12(8-4-1)11-13-9-5-2-6-10-13;1-6-4-7(2)8(3)5-6;/h1-9H;1-10H;4,6H,1-3H3;. The first-order valence-corrected chi connectivity index (χ1v) is 16.5. The van der Waals surface area contributed by atoms with Crippen LogP contribution in [0, 0.1) is 5.92 Å². The molecule has 1 atom stereocenters. The second-order valence-electron chi connectivity index (χ2n) is 9.81. The van der Waals surface area contributed by atoms with E-state index in [0.717, 1.165) is 0 Å². The summed E-state index contributed by atoms with van der Waals surface area (Å²) in [4.78, 5) is 0.